The van der Waals surface area contributed by atoms with E-state index in [1.807, 2.05) is 6.07 Å². The van der Waals surface area contributed by atoms with Gasteiger partial charge in [-0.15, -0.1) is 0 Å². The smallest absolute Gasteiger partial charge is 0.260 e. The minimum atomic E-state index is -0.479. The number of rotatable bonds is 7. The van der Waals surface area contributed by atoms with Crippen molar-refractivity contribution in [1.82, 2.24) is 15.2 Å². The van der Waals surface area contributed by atoms with Crippen molar-refractivity contribution < 1.29 is 18.7 Å². The number of aromatic nitrogens is 1. The quantitative estimate of drug-likeness (QED) is 0.760. The van der Waals surface area contributed by atoms with E-state index in [2.05, 4.69) is 10.3 Å². The van der Waals surface area contributed by atoms with Gasteiger partial charge in [0.25, 0.3) is 11.8 Å². The summed E-state index contributed by atoms with van der Waals surface area (Å²) in [5, 5.41) is 2.94. The second-order valence-electron chi connectivity index (χ2n) is 8.02. The lowest BCUT2D eigenvalue weighted by Crippen LogP contribution is -2.41. The SMILES string of the molecule is O=C(NCC1CC1)c1ccc(C2CCCN(C(=O)COc3ccccc3F)C2)nc1. The molecule has 2 aromatic rings. The molecule has 2 fully saturated rings. The first-order valence-corrected chi connectivity index (χ1v) is 10.5. The Balaban J connectivity index is 1.31. The van der Waals surface area contributed by atoms with E-state index in [1.165, 1.54) is 25.0 Å². The number of hydrogen-bond donors (Lipinski definition) is 1. The minimum absolute atomic E-state index is 0.0802. The van der Waals surface area contributed by atoms with Gasteiger partial charge in [-0.3, -0.25) is 14.6 Å². The molecule has 1 unspecified atom stereocenters. The standard InChI is InChI=1S/C23H26FN3O3/c24-19-5-1-2-6-21(19)30-15-22(28)27-11-3-4-18(14-27)20-10-9-17(13-25-20)23(29)26-12-16-7-8-16/h1-2,5-6,9-10,13,16,18H,3-4,7-8,11-12,14-15H2,(H,26,29). The number of nitrogens with zero attached hydrogens (tertiary/aromatic N) is 2. The van der Waals surface area contributed by atoms with Gasteiger partial charge in [-0.05, 0) is 55.9 Å². The summed E-state index contributed by atoms with van der Waals surface area (Å²) in [4.78, 5) is 30.9. The van der Waals surface area contributed by atoms with E-state index in [-0.39, 0.29) is 30.1 Å². The van der Waals surface area contributed by atoms with Crippen molar-refractivity contribution in [3.8, 4) is 5.75 Å². The molecule has 7 heteroatoms. The van der Waals surface area contributed by atoms with E-state index < -0.39 is 5.82 Å². The van der Waals surface area contributed by atoms with Crippen molar-refractivity contribution in [3.05, 3.63) is 59.7 Å². The molecule has 158 valence electrons. The van der Waals surface area contributed by atoms with Gasteiger partial charge in [0.1, 0.15) is 0 Å². The minimum Gasteiger partial charge on any atom is -0.481 e. The zero-order valence-corrected chi connectivity index (χ0v) is 16.9. The third kappa shape index (κ3) is 5.14. The Morgan fingerprint density at radius 2 is 2.00 bits per heavy atom. The van der Waals surface area contributed by atoms with Gasteiger partial charge in [-0.2, -0.15) is 0 Å². The molecule has 2 heterocycles. The molecule has 1 aliphatic heterocycles. The first kappa shape index (κ1) is 20.3. The Morgan fingerprint density at radius 3 is 2.73 bits per heavy atom. The fourth-order valence-corrected chi connectivity index (χ4v) is 3.68. The summed E-state index contributed by atoms with van der Waals surface area (Å²) in [7, 11) is 0. The molecular formula is C23H26FN3O3. The first-order valence-electron chi connectivity index (χ1n) is 10.5. The van der Waals surface area contributed by atoms with Crippen molar-refractivity contribution in [3.63, 3.8) is 0 Å². The summed E-state index contributed by atoms with van der Waals surface area (Å²) in [5.41, 5.74) is 1.43. The van der Waals surface area contributed by atoms with Crippen molar-refractivity contribution in [2.75, 3.05) is 26.2 Å². The molecule has 1 aliphatic carbocycles. The molecule has 1 atom stereocenters. The molecule has 4 rings (SSSR count). The molecule has 0 spiro atoms. The van der Waals surface area contributed by atoms with Crippen LogP contribution in [0, 0.1) is 11.7 Å². The van der Waals surface area contributed by atoms with Gasteiger partial charge in [0.2, 0.25) is 0 Å². The molecule has 0 bridgehead atoms. The number of nitrogens with one attached hydrogen (secondary N) is 1. The number of likely N-dealkylation sites (tertiary alicyclic amines) is 1. The van der Waals surface area contributed by atoms with E-state index in [1.54, 1.807) is 29.3 Å². The normalized spacial score (nSPS) is 18.7. The number of hydrogen-bond acceptors (Lipinski definition) is 4. The zero-order chi connectivity index (χ0) is 20.9. The van der Waals surface area contributed by atoms with Crippen LogP contribution in [0.15, 0.2) is 42.6 Å². The van der Waals surface area contributed by atoms with Crippen LogP contribution in [0.5, 0.6) is 5.75 Å². The van der Waals surface area contributed by atoms with Crippen LogP contribution in [-0.2, 0) is 4.79 Å². The number of piperidine rings is 1. The van der Waals surface area contributed by atoms with E-state index >= 15 is 0 Å². The number of para-hydroxylation sites is 1. The van der Waals surface area contributed by atoms with Crippen LogP contribution in [-0.4, -0.2) is 47.9 Å². The van der Waals surface area contributed by atoms with Crippen molar-refractivity contribution in [1.29, 1.82) is 0 Å². The Bertz CT molecular complexity index is 899. The summed E-state index contributed by atoms with van der Waals surface area (Å²) in [6, 6.07) is 9.73. The topological polar surface area (TPSA) is 71.5 Å². The van der Waals surface area contributed by atoms with Crippen LogP contribution in [0.1, 0.15) is 47.7 Å². The highest BCUT2D eigenvalue weighted by molar-refractivity contribution is 5.93. The van der Waals surface area contributed by atoms with E-state index in [4.69, 9.17) is 4.74 Å². The second kappa shape index (κ2) is 9.24. The van der Waals surface area contributed by atoms with Gasteiger partial charge in [0.05, 0.1) is 5.56 Å². The number of benzene rings is 1. The summed E-state index contributed by atoms with van der Waals surface area (Å²) in [6.07, 6.45) is 5.79. The van der Waals surface area contributed by atoms with Crippen LogP contribution >= 0.6 is 0 Å². The highest BCUT2D eigenvalue weighted by Crippen LogP contribution is 2.28. The molecule has 30 heavy (non-hydrogen) atoms. The second-order valence-corrected chi connectivity index (χ2v) is 8.02. The molecule has 6 nitrogen and oxygen atoms in total. The largest absolute Gasteiger partial charge is 0.481 e. The fraction of sp³-hybridized carbons (Fsp3) is 0.435. The molecule has 0 radical (unpaired) electrons. The number of amides is 2. The zero-order valence-electron chi connectivity index (χ0n) is 16.9. The lowest BCUT2D eigenvalue weighted by molar-refractivity contribution is -0.134. The molecule has 2 amide bonds. The molecule has 1 saturated heterocycles. The predicted molar refractivity (Wildman–Crippen MR) is 110 cm³/mol. The molecular weight excluding hydrogens is 385 g/mol. The maximum absolute atomic E-state index is 13.7. The molecule has 1 aromatic carbocycles. The monoisotopic (exact) mass is 411 g/mol. The van der Waals surface area contributed by atoms with Gasteiger partial charge in [-0.1, -0.05) is 12.1 Å². The number of pyridine rings is 1. The summed E-state index contributed by atoms with van der Waals surface area (Å²) in [5.74, 6) is 0.0867. The van der Waals surface area contributed by atoms with E-state index in [0.717, 1.165) is 25.1 Å². The lowest BCUT2D eigenvalue weighted by Gasteiger charge is -2.32. The average molecular weight is 411 g/mol. The van der Waals surface area contributed by atoms with E-state index in [0.29, 0.717) is 24.6 Å². The van der Waals surface area contributed by atoms with Gasteiger partial charge < -0.3 is 15.0 Å². The van der Waals surface area contributed by atoms with Crippen LogP contribution < -0.4 is 10.1 Å². The highest BCUT2D eigenvalue weighted by atomic mass is 19.1. The molecule has 1 aromatic heterocycles. The number of halogens is 1. The Kier molecular flexibility index (Phi) is 6.26. The fourth-order valence-electron chi connectivity index (χ4n) is 3.68. The molecule has 2 aliphatic rings. The summed E-state index contributed by atoms with van der Waals surface area (Å²) >= 11 is 0. The lowest BCUT2D eigenvalue weighted by atomic mass is 9.94. The van der Waals surface area contributed by atoms with Gasteiger partial charge >= 0.3 is 0 Å². The Hall–Kier alpha value is -2.96. The van der Waals surface area contributed by atoms with Gasteiger partial charge in [-0.25, -0.2) is 4.39 Å². The number of ether oxygens (including phenoxy) is 1. The molecule has 1 N–H and O–H groups in total. The van der Waals surface area contributed by atoms with Crippen LogP contribution in [0.3, 0.4) is 0 Å². The molecule has 1 saturated carbocycles. The van der Waals surface area contributed by atoms with Crippen LogP contribution in [0.25, 0.3) is 0 Å². The predicted octanol–water partition coefficient (Wildman–Crippen LogP) is 3.15. The third-order valence-corrected chi connectivity index (χ3v) is 5.68. The van der Waals surface area contributed by atoms with Crippen molar-refractivity contribution >= 4 is 11.8 Å². The summed E-state index contributed by atoms with van der Waals surface area (Å²) < 4.78 is 19.0. The average Bonchev–Trinajstić information content (AvgIpc) is 3.61. The summed E-state index contributed by atoms with van der Waals surface area (Å²) in [6.45, 7) is 1.73. The Labute approximate surface area is 175 Å². The van der Waals surface area contributed by atoms with Gasteiger partial charge in [0.15, 0.2) is 18.2 Å². The maximum Gasteiger partial charge on any atom is 0.260 e. The van der Waals surface area contributed by atoms with Gasteiger partial charge in [0, 0.05) is 37.4 Å². The Morgan fingerprint density at radius 1 is 1.17 bits per heavy atom. The van der Waals surface area contributed by atoms with Crippen molar-refractivity contribution in [2.24, 2.45) is 5.92 Å². The van der Waals surface area contributed by atoms with Crippen LogP contribution in [0.4, 0.5) is 4.39 Å². The van der Waals surface area contributed by atoms with E-state index in [9.17, 15) is 14.0 Å². The first-order chi connectivity index (χ1) is 14.6. The maximum atomic E-state index is 13.7. The highest BCUT2D eigenvalue weighted by Gasteiger charge is 2.26. The number of carbonyl (C=O) groups is 2. The number of carbonyl (C=O) groups excluding carboxylic acids is 2. The third-order valence-electron chi connectivity index (χ3n) is 5.68. The van der Waals surface area contributed by atoms with Crippen LogP contribution in [0.2, 0.25) is 0 Å². The van der Waals surface area contributed by atoms with Crippen molar-refractivity contribution in [2.45, 2.75) is 31.6 Å².